The summed E-state index contributed by atoms with van der Waals surface area (Å²) < 4.78 is 7.66. The molecule has 2 heterocycles. The number of hydrogen-bond donors (Lipinski definition) is 1. The minimum absolute atomic E-state index is 0.0350. The quantitative estimate of drug-likeness (QED) is 0.443. The van der Waals surface area contributed by atoms with E-state index in [0.29, 0.717) is 35.8 Å². The smallest absolute Gasteiger partial charge is 0.226 e. The predicted molar refractivity (Wildman–Crippen MR) is 103 cm³/mol. The fourth-order valence-corrected chi connectivity index (χ4v) is 3.49. The Morgan fingerprint density at radius 1 is 1.40 bits per heavy atom. The van der Waals surface area contributed by atoms with Gasteiger partial charge in [0.1, 0.15) is 24.3 Å². The van der Waals surface area contributed by atoms with Gasteiger partial charge in [0.15, 0.2) is 0 Å². The first-order chi connectivity index (χ1) is 11.7. The Bertz CT molecular complexity index is 832. The van der Waals surface area contributed by atoms with E-state index in [1.807, 2.05) is 4.57 Å². The number of ether oxygens (including phenoxy) is 1. The first-order valence-corrected chi connectivity index (χ1v) is 12.6. The topological polar surface area (TPSA) is 75.8 Å². The zero-order valence-corrected chi connectivity index (χ0v) is 16.9. The highest BCUT2D eigenvalue weighted by Gasteiger charge is 2.38. The Morgan fingerprint density at radius 3 is 2.72 bits per heavy atom. The fraction of sp³-hybridized carbons (Fsp3) is 0.588. The van der Waals surface area contributed by atoms with Gasteiger partial charge in [0.25, 0.3) is 0 Å². The molecule has 2 aromatic heterocycles. The lowest BCUT2D eigenvalue weighted by atomic mass is 10.2. The van der Waals surface area contributed by atoms with Gasteiger partial charge < -0.3 is 14.6 Å². The Labute approximate surface area is 154 Å². The summed E-state index contributed by atoms with van der Waals surface area (Å²) >= 11 is 6.12. The van der Waals surface area contributed by atoms with Gasteiger partial charge in [-0.2, -0.15) is 15.2 Å². The molecule has 0 aromatic carbocycles. The summed E-state index contributed by atoms with van der Waals surface area (Å²) in [7, 11) is -1.13. The monoisotopic (exact) mass is 377 g/mol. The average molecular weight is 378 g/mol. The van der Waals surface area contributed by atoms with E-state index in [1.54, 1.807) is 6.20 Å². The van der Waals surface area contributed by atoms with Crippen LogP contribution in [0.15, 0.2) is 6.20 Å². The van der Waals surface area contributed by atoms with Crippen LogP contribution >= 0.6 is 11.6 Å². The van der Waals surface area contributed by atoms with E-state index in [-0.39, 0.29) is 10.8 Å². The molecule has 1 fully saturated rings. The van der Waals surface area contributed by atoms with E-state index in [2.05, 4.69) is 47.9 Å². The number of fused-ring (bicyclic) bond motifs is 1. The van der Waals surface area contributed by atoms with E-state index in [4.69, 9.17) is 16.3 Å². The Morgan fingerprint density at radius 2 is 2.12 bits per heavy atom. The Hall–Kier alpha value is -1.62. The molecular weight excluding hydrogens is 354 g/mol. The van der Waals surface area contributed by atoms with Crippen molar-refractivity contribution < 1.29 is 4.74 Å². The van der Waals surface area contributed by atoms with Crippen molar-refractivity contribution in [1.29, 1.82) is 5.26 Å². The van der Waals surface area contributed by atoms with Crippen molar-refractivity contribution in [3.63, 3.8) is 0 Å². The summed E-state index contributed by atoms with van der Waals surface area (Å²) in [6.07, 6.45) is 3.93. The number of nitrogens with one attached hydrogen (secondary N) is 1. The lowest BCUT2D eigenvalue weighted by Gasteiger charge is -2.16. The number of halogens is 1. The normalized spacial score (nSPS) is 16.0. The molecule has 25 heavy (non-hydrogen) atoms. The van der Waals surface area contributed by atoms with Gasteiger partial charge in [-0.15, -0.1) is 0 Å². The second-order valence-electron chi connectivity index (χ2n) is 8.20. The number of hydrogen-bond acceptors (Lipinski definition) is 5. The molecule has 3 rings (SSSR count). The number of nitrogens with zero attached hydrogens (tertiary/aromatic N) is 4. The van der Waals surface area contributed by atoms with E-state index < -0.39 is 8.07 Å². The van der Waals surface area contributed by atoms with Crippen molar-refractivity contribution in [2.45, 2.75) is 57.7 Å². The fourth-order valence-electron chi connectivity index (χ4n) is 2.57. The zero-order valence-electron chi connectivity index (χ0n) is 15.2. The molecule has 2 aromatic rings. The van der Waals surface area contributed by atoms with Gasteiger partial charge in [-0.1, -0.05) is 19.6 Å². The molecule has 1 aliphatic rings. The van der Waals surface area contributed by atoms with Crippen LogP contribution in [0.4, 0.5) is 5.82 Å². The summed E-state index contributed by atoms with van der Waals surface area (Å²) in [5.41, 5.74) is 1.20. The predicted octanol–water partition coefficient (Wildman–Crippen LogP) is 4.23. The second-order valence-corrected chi connectivity index (χ2v) is 14.2. The van der Waals surface area contributed by atoms with Crippen molar-refractivity contribution in [3.05, 3.63) is 17.0 Å². The van der Waals surface area contributed by atoms with Gasteiger partial charge in [-0.05, 0) is 37.4 Å². The highest BCUT2D eigenvalue weighted by Crippen LogP contribution is 2.40. The van der Waals surface area contributed by atoms with E-state index >= 15 is 0 Å². The van der Waals surface area contributed by atoms with Crippen LogP contribution in [0.25, 0.3) is 11.0 Å². The Balaban J connectivity index is 1.88. The zero-order chi connectivity index (χ0) is 18.2. The molecule has 1 N–H and O–H groups in total. The molecular formula is C17H24ClN5OSi. The first-order valence-electron chi connectivity index (χ1n) is 8.53. The summed E-state index contributed by atoms with van der Waals surface area (Å²) in [4.78, 5) is 8.66. The molecule has 0 amide bonds. The van der Waals surface area contributed by atoms with Gasteiger partial charge in [0, 0.05) is 26.4 Å². The molecule has 0 saturated heterocycles. The number of anilines is 1. The summed E-state index contributed by atoms with van der Waals surface area (Å²) in [5.74, 6) is 0.632. The van der Waals surface area contributed by atoms with Crippen LogP contribution in [0.2, 0.25) is 31.0 Å². The minimum atomic E-state index is -1.13. The van der Waals surface area contributed by atoms with Crippen LogP contribution in [0.5, 0.6) is 0 Å². The van der Waals surface area contributed by atoms with Crippen molar-refractivity contribution in [2.24, 2.45) is 0 Å². The largest absolute Gasteiger partial charge is 0.364 e. The maximum Gasteiger partial charge on any atom is 0.226 e. The number of nitriles is 1. The van der Waals surface area contributed by atoms with Gasteiger partial charge in [0.05, 0.1) is 10.9 Å². The molecule has 8 heteroatoms. The van der Waals surface area contributed by atoms with Gasteiger partial charge in [-0.25, -0.2) is 0 Å². The maximum absolute atomic E-state index is 9.52. The Kier molecular flexibility index (Phi) is 4.79. The van der Waals surface area contributed by atoms with Crippen LogP contribution < -0.4 is 5.32 Å². The minimum Gasteiger partial charge on any atom is -0.364 e. The first kappa shape index (κ1) is 18.2. The molecule has 0 radical (unpaired) electrons. The van der Waals surface area contributed by atoms with Crippen molar-refractivity contribution in [3.8, 4) is 6.07 Å². The SMILES string of the molecule is CC1(Nc2nc(Cl)nc3c2c(C#N)cn3COCC[Si](C)(C)C)CC1. The third-order valence-electron chi connectivity index (χ3n) is 4.46. The van der Waals surface area contributed by atoms with Gasteiger partial charge in [0.2, 0.25) is 5.28 Å². The maximum atomic E-state index is 9.52. The summed E-state index contributed by atoms with van der Waals surface area (Å²) in [5, 5.41) is 13.8. The lowest BCUT2D eigenvalue weighted by molar-refractivity contribution is 0.0898. The van der Waals surface area contributed by atoms with Crippen LogP contribution in [-0.2, 0) is 11.5 Å². The molecule has 0 aliphatic heterocycles. The molecule has 6 nitrogen and oxygen atoms in total. The molecule has 1 aliphatic carbocycles. The van der Waals surface area contributed by atoms with Crippen LogP contribution in [0.1, 0.15) is 25.3 Å². The number of rotatable bonds is 7. The van der Waals surface area contributed by atoms with Crippen molar-refractivity contribution in [1.82, 2.24) is 14.5 Å². The second kappa shape index (κ2) is 6.59. The lowest BCUT2D eigenvalue weighted by Crippen LogP contribution is -2.22. The highest BCUT2D eigenvalue weighted by atomic mass is 35.5. The van der Waals surface area contributed by atoms with Crippen molar-refractivity contribution >= 4 is 36.5 Å². The third-order valence-corrected chi connectivity index (χ3v) is 6.33. The average Bonchev–Trinajstić information content (AvgIpc) is 3.12. The van der Waals surface area contributed by atoms with Crippen LogP contribution in [-0.4, -0.2) is 34.8 Å². The van der Waals surface area contributed by atoms with Crippen LogP contribution in [0.3, 0.4) is 0 Å². The van der Waals surface area contributed by atoms with Crippen LogP contribution in [0, 0.1) is 11.3 Å². The molecule has 1 saturated carbocycles. The number of aromatic nitrogens is 3. The molecule has 0 bridgehead atoms. The molecule has 0 spiro atoms. The highest BCUT2D eigenvalue weighted by molar-refractivity contribution is 6.76. The summed E-state index contributed by atoms with van der Waals surface area (Å²) in [6.45, 7) is 10.2. The van der Waals surface area contributed by atoms with Gasteiger partial charge >= 0.3 is 0 Å². The standard InChI is InChI=1S/C17H24ClN5OSi/c1-17(5-6-17)22-14-13-12(9-19)10-23(15(13)21-16(18)20-14)11-24-7-8-25(2,3)4/h10H,5-8,11H2,1-4H3,(H,20,21,22). The van der Waals surface area contributed by atoms with E-state index in [9.17, 15) is 5.26 Å². The van der Waals surface area contributed by atoms with Crippen molar-refractivity contribution in [2.75, 3.05) is 11.9 Å². The third kappa shape index (κ3) is 4.32. The van der Waals surface area contributed by atoms with Gasteiger partial charge in [-0.3, -0.25) is 0 Å². The van der Waals surface area contributed by atoms with E-state index in [0.717, 1.165) is 18.9 Å². The van der Waals surface area contributed by atoms with E-state index in [1.165, 1.54) is 0 Å². The molecule has 0 unspecified atom stereocenters. The molecule has 134 valence electrons. The summed E-state index contributed by atoms with van der Waals surface area (Å²) in [6, 6.07) is 3.33. The molecule has 0 atom stereocenters.